The van der Waals surface area contributed by atoms with Crippen LogP contribution < -0.4 is 24.8 Å². The second kappa shape index (κ2) is 15.6. The van der Waals surface area contributed by atoms with Gasteiger partial charge in [-0.1, -0.05) is 57.2 Å². The number of amides is 4. The Balaban J connectivity index is 1.20. The van der Waals surface area contributed by atoms with E-state index in [1.54, 1.807) is 40.0 Å². The fraction of sp³-hybridized carbons (Fsp3) is 0.488. The van der Waals surface area contributed by atoms with Gasteiger partial charge >= 0.3 is 6.09 Å². The van der Waals surface area contributed by atoms with Crippen LogP contribution >= 0.6 is 0 Å². The van der Waals surface area contributed by atoms with Gasteiger partial charge in [-0.05, 0) is 36.8 Å². The highest BCUT2D eigenvalue weighted by molar-refractivity contribution is 7.91. The van der Waals surface area contributed by atoms with Crippen molar-refractivity contribution in [2.24, 2.45) is 11.3 Å². The Hall–Kier alpha value is -5.22. The van der Waals surface area contributed by atoms with E-state index in [0.29, 0.717) is 54.0 Å². The molecule has 2 aliphatic carbocycles. The van der Waals surface area contributed by atoms with Crippen molar-refractivity contribution in [3.05, 3.63) is 67.3 Å². The van der Waals surface area contributed by atoms with E-state index in [0.717, 1.165) is 5.56 Å². The van der Waals surface area contributed by atoms with Crippen molar-refractivity contribution in [1.29, 1.82) is 0 Å². The zero-order chi connectivity index (χ0) is 40.7. The number of likely N-dealkylation sites (tertiary alicyclic amines) is 1. The normalized spacial score (nSPS) is 24.9. The first-order chi connectivity index (χ1) is 27.1. The summed E-state index contributed by atoms with van der Waals surface area (Å²) < 4.78 is 50.8. The van der Waals surface area contributed by atoms with E-state index in [1.807, 2.05) is 42.5 Å². The van der Waals surface area contributed by atoms with Gasteiger partial charge in [-0.2, -0.15) is 0 Å². The first kappa shape index (κ1) is 40.0. The average Bonchev–Trinajstić information content (AvgIpc) is 4.06. The zero-order valence-corrected chi connectivity index (χ0v) is 33.3. The lowest BCUT2D eigenvalue weighted by molar-refractivity contribution is -0.143. The second-order valence-electron chi connectivity index (χ2n) is 16.3. The van der Waals surface area contributed by atoms with Crippen LogP contribution in [-0.2, 0) is 33.9 Å². The van der Waals surface area contributed by atoms with Gasteiger partial charge in [-0.3, -0.25) is 19.1 Å². The quantitative estimate of drug-likeness (QED) is 0.213. The fourth-order valence-corrected chi connectivity index (χ4v) is 8.82. The van der Waals surface area contributed by atoms with Crippen molar-refractivity contribution >= 4 is 44.7 Å². The molecular formula is C41H49N5O10S. The lowest BCUT2D eigenvalue weighted by atomic mass is 9.85. The molecule has 4 aliphatic rings. The molecule has 3 N–H and O–H groups in total. The van der Waals surface area contributed by atoms with Crippen LogP contribution in [0.15, 0.2) is 67.3 Å². The van der Waals surface area contributed by atoms with Gasteiger partial charge in [-0.25, -0.2) is 18.2 Å². The summed E-state index contributed by atoms with van der Waals surface area (Å²) in [6, 6.07) is 14.5. The molecule has 4 fully saturated rings. The van der Waals surface area contributed by atoms with Crippen LogP contribution in [0.5, 0.6) is 11.5 Å². The molecule has 6 atom stereocenters. The van der Waals surface area contributed by atoms with E-state index in [1.165, 1.54) is 11.0 Å². The number of carbonyl (C=O) groups is 4. The summed E-state index contributed by atoms with van der Waals surface area (Å²) in [6.45, 7) is 9.80. The molecule has 3 heterocycles. The molecule has 2 aliphatic heterocycles. The molecule has 2 saturated carbocycles. The van der Waals surface area contributed by atoms with Gasteiger partial charge in [0.2, 0.25) is 21.8 Å². The van der Waals surface area contributed by atoms with Crippen molar-refractivity contribution in [2.45, 2.75) is 88.0 Å². The lowest BCUT2D eigenvalue weighted by Crippen LogP contribution is -2.60. The summed E-state index contributed by atoms with van der Waals surface area (Å²) in [6.07, 6.45) is 1.08. The van der Waals surface area contributed by atoms with Gasteiger partial charge in [0, 0.05) is 41.8 Å². The van der Waals surface area contributed by atoms with Gasteiger partial charge in [0.25, 0.3) is 5.91 Å². The van der Waals surface area contributed by atoms with E-state index in [-0.39, 0.29) is 26.0 Å². The smallest absolute Gasteiger partial charge is 0.408 e. The molecular weight excluding hydrogens is 755 g/mol. The first-order valence-electron chi connectivity index (χ1n) is 19.2. The van der Waals surface area contributed by atoms with Gasteiger partial charge in [0.15, 0.2) is 0 Å². The average molecular weight is 804 g/mol. The highest BCUT2D eigenvalue weighted by atomic mass is 32.2. The van der Waals surface area contributed by atoms with Crippen LogP contribution in [0.25, 0.3) is 22.2 Å². The monoisotopic (exact) mass is 803 g/mol. The van der Waals surface area contributed by atoms with Crippen molar-refractivity contribution in [2.75, 3.05) is 26.9 Å². The lowest BCUT2D eigenvalue weighted by Gasteiger charge is -2.35. The van der Waals surface area contributed by atoms with Crippen molar-refractivity contribution in [1.82, 2.24) is 25.2 Å². The predicted octanol–water partition coefficient (Wildman–Crippen LogP) is 3.86. The number of benzene rings is 2. The minimum Gasteiger partial charge on any atom is -0.497 e. The molecule has 2 aromatic carbocycles. The van der Waals surface area contributed by atoms with E-state index >= 15 is 0 Å². The van der Waals surface area contributed by atoms with E-state index in [2.05, 4.69) is 21.9 Å². The number of fused-ring (bicyclic) bond motifs is 1. The number of alkyl carbamates (subject to hydrolysis) is 1. The number of nitrogens with zero attached hydrogens (tertiary/aromatic N) is 2. The third-order valence-electron chi connectivity index (χ3n) is 11.0. The Morgan fingerprint density at radius 1 is 1.05 bits per heavy atom. The third-order valence-corrected chi connectivity index (χ3v) is 12.8. The van der Waals surface area contributed by atoms with Crippen molar-refractivity contribution in [3.8, 4) is 22.8 Å². The first-order valence-corrected chi connectivity index (χ1v) is 20.7. The van der Waals surface area contributed by atoms with Gasteiger partial charge < -0.3 is 34.5 Å². The highest BCUT2D eigenvalue weighted by Crippen LogP contribution is 2.46. The molecule has 0 spiro atoms. The number of pyridine rings is 1. The third kappa shape index (κ3) is 8.56. The summed E-state index contributed by atoms with van der Waals surface area (Å²) >= 11 is 0. The maximum Gasteiger partial charge on any atom is 0.408 e. The molecule has 2 saturated heterocycles. The van der Waals surface area contributed by atoms with Gasteiger partial charge in [-0.15, -0.1) is 6.58 Å². The standard InChI is InChI=1S/C41H49N5O10S/c1-6-25-21-41(25,38(49)45-57(51,52)29-13-14-29)44-36(47)33-19-28(22-46(33)37(48)35(40(2,3)4)43-39(50)56-27-16-17-54-23-27)55-34-20-31(24-10-8-7-9-11-24)42-32-18-26(53-5)12-15-30(32)34/h6-12,15,18,20,25,27-29,33,35H,1,13-14,16-17,19,21-23H2,2-5H3,(H,43,50)(H,44,47)(H,45,49). The Morgan fingerprint density at radius 3 is 2.44 bits per heavy atom. The summed E-state index contributed by atoms with van der Waals surface area (Å²) in [4.78, 5) is 62.1. The Kier molecular flexibility index (Phi) is 11.0. The zero-order valence-electron chi connectivity index (χ0n) is 32.5. The number of rotatable bonds is 13. The van der Waals surface area contributed by atoms with Crippen LogP contribution in [0.2, 0.25) is 0 Å². The Labute approximate surface area is 331 Å². The van der Waals surface area contributed by atoms with Gasteiger partial charge in [0.05, 0.1) is 43.3 Å². The molecule has 4 amide bonds. The Bertz CT molecular complexity index is 2170. The van der Waals surface area contributed by atoms with Gasteiger partial charge in [0.1, 0.15) is 41.3 Å². The fourth-order valence-electron chi connectivity index (χ4n) is 7.45. The number of carbonyl (C=O) groups excluding carboxylic acids is 4. The minimum atomic E-state index is -3.92. The number of sulfonamides is 1. The maximum atomic E-state index is 14.7. The van der Waals surface area contributed by atoms with E-state index < -0.39 is 80.3 Å². The van der Waals surface area contributed by atoms with Crippen LogP contribution in [0.3, 0.4) is 0 Å². The van der Waals surface area contributed by atoms with Crippen LogP contribution in [0, 0.1) is 11.3 Å². The molecule has 6 unspecified atom stereocenters. The SMILES string of the molecule is C=CC1CC1(NC(=O)C1CC(Oc2cc(-c3ccccc3)nc3cc(OC)ccc23)CN1C(=O)C(NC(=O)OC1CCOC1)C(C)(C)C)C(=O)NS(=O)(=O)C1CC1. The second-order valence-corrected chi connectivity index (χ2v) is 18.2. The van der Waals surface area contributed by atoms with Crippen LogP contribution in [-0.4, -0.2) is 104 Å². The molecule has 0 bridgehead atoms. The maximum absolute atomic E-state index is 14.7. The predicted molar refractivity (Wildman–Crippen MR) is 210 cm³/mol. The number of hydrogen-bond donors (Lipinski definition) is 3. The molecule has 304 valence electrons. The summed E-state index contributed by atoms with van der Waals surface area (Å²) in [5.41, 5.74) is -0.332. The molecule has 16 heteroatoms. The molecule has 7 rings (SSSR count). The van der Waals surface area contributed by atoms with E-state index in [9.17, 15) is 27.6 Å². The number of aromatic nitrogens is 1. The largest absolute Gasteiger partial charge is 0.497 e. The Morgan fingerprint density at radius 2 is 1.81 bits per heavy atom. The van der Waals surface area contributed by atoms with E-state index in [4.69, 9.17) is 23.9 Å². The minimum absolute atomic E-state index is 0.00969. The van der Waals surface area contributed by atoms with Crippen molar-refractivity contribution in [3.63, 3.8) is 0 Å². The highest BCUT2D eigenvalue weighted by Gasteiger charge is 2.62. The van der Waals surface area contributed by atoms with Crippen molar-refractivity contribution < 1.29 is 46.5 Å². The topological polar surface area (TPSA) is 192 Å². The summed E-state index contributed by atoms with van der Waals surface area (Å²) in [5.74, 6) is -1.57. The molecule has 3 aromatic rings. The van der Waals surface area contributed by atoms with Crippen LogP contribution in [0.4, 0.5) is 4.79 Å². The molecule has 1 aromatic heterocycles. The number of ether oxygens (including phenoxy) is 4. The number of nitrogens with one attached hydrogen (secondary N) is 3. The number of methoxy groups -OCH3 is 1. The molecule has 0 radical (unpaired) electrons. The summed E-state index contributed by atoms with van der Waals surface area (Å²) in [5, 5.41) is 5.57. The van der Waals surface area contributed by atoms with Crippen LogP contribution in [0.1, 0.15) is 52.9 Å². The molecule has 15 nitrogen and oxygen atoms in total. The number of hydrogen-bond acceptors (Lipinski definition) is 11. The summed E-state index contributed by atoms with van der Waals surface area (Å²) in [7, 11) is -2.35. The molecule has 57 heavy (non-hydrogen) atoms.